The lowest BCUT2D eigenvalue weighted by Crippen LogP contribution is -2.45. The largest absolute Gasteiger partial charge is 0.388 e. The quantitative estimate of drug-likeness (QED) is 0.793. The molecule has 132 valence electrons. The molecular formula is C22H27NO2. The minimum Gasteiger partial charge on any atom is -0.388 e. The number of benzene rings is 2. The zero-order valence-electron chi connectivity index (χ0n) is 25.5. The predicted octanol–water partition coefficient (Wildman–Crippen LogP) is 4.24. The van der Waals surface area contributed by atoms with Crippen LogP contribution in [0.2, 0.25) is 0 Å². The van der Waals surface area contributed by atoms with Crippen LogP contribution in [-0.2, 0) is 0 Å². The van der Waals surface area contributed by atoms with Crippen molar-refractivity contribution < 1.29 is 26.4 Å². The van der Waals surface area contributed by atoms with E-state index in [1.165, 1.54) is 48.5 Å². The number of aliphatic hydroxyl groups is 1. The summed E-state index contributed by atoms with van der Waals surface area (Å²) in [7, 11) is 0. The van der Waals surface area contributed by atoms with Crippen molar-refractivity contribution in [3.63, 3.8) is 0 Å². The molecule has 3 heteroatoms. The first kappa shape index (κ1) is 8.15. The molecule has 2 aromatic rings. The highest BCUT2D eigenvalue weighted by atomic mass is 16.3. The number of hydrogen-bond donors (Lipinski definition) is 1. The summed E-state index contributed by atoms with van der Waals surface area (Å²) in [6.07, 6.45) is -16.5. The minimum absolute atomic E-state index is 0.0265. The smallest absolute Gasteiger partial charge is 0.164 e. The van der Waals surface area contributed by atoms with Crippen LogP contribution in [0.3, 0.4) is 0 Å². The lowest BCUT2D eigenvalue weighted by Gasteiger charge is -2.40. The van der Waals surface area contributed by atoms with Gasteiger partial charge in [0, 0.05) is 39.1 Å². The molecule has 1 heterocycles. The second kappa shape index (κ2) is 8.41. The average molecular weight is 350 g/mol. The van der Waals surface area contributed by atoms with E-state index in [9.17, 15) is 9.90 Å². The number of carbonyl (C=O) groups excluding carboxylic acids is 1. The molecule has 1 aliphatic rings. The highest BCUT2D eigenvalue weighted by Crippen LogP contribution is 2.30. The van der Waals surface area contributed by atoms with Crippen molar-refractivity contribution in [2.45, 2.75) is 50.1 Å². The van der Waals surface area contributed by atoms with Crippen LogP contribution in [0.5, 0.6) is 0 Å². The normalized spacial score (nSPS) is 43.2. The summed E-state index contributed by atoms with van der Waals surface area (Å²) in [5.74, 6) is -0.932. The van der Waals surface area contributed by atoms with E-state index in [-0.39, 0.29) is 16.0 Å². The van der Waals surface area contributed by atoms with Crippen molar-refractivity contribution in [2.24, 2.45) is 0 Å². The van der Waals surface area contributed by atoms with Crippen molar-refractivity contribution in [1.82, 2.24) is 4.90 Å². The molecule has 3 atom stereocenters. The Balaban J connectivity index is 2.29. The molecular weight excluding hydrogens is 310 g/mol. The van der Waals surface area contributed by atoms with Crippen molar-refractivity contribution in [3.8, 4) is 0 Å². The number of hydrogen-bond acceptors (Lipinski definition) is 3. The first-order chi connectivity index (χ1) is 16.7. The van der Waals surface area contributed by atoms with Gasteiger partial charge in [0.25, 0.3) is 0 Å². The van der Waals surface area contributed by atoms with Gasteiger partial charge in [-0.3, -0.25) is 9.69 Å². The van der Waals surface area contributed by atoms with Gasteiger partial charge in [-0.15, -0.1) is 0 Å². The summed E-state index contributed by atoms with van der Waals surface area (Å²) >= 11 is 0. The highest BCUT2D eigenvalue weighted by Gasteiger charge is 2.30. The minimum atomic E-state index is -3.71. The van der Waals surface area contributed by atoms with Crippen LogP contribution in [0, 0.1) is 0 Å². The molecule has 25 heavy (non-hydrogen) atoms. The fraction of sp³-hybridized carbons (Fsp3) is 0.409. The monoisotopic (exact) mass is 349 g/mol. The molecule has 0 amide bonds. The molecule has 0 saturated carbocycles. The third-order valence-electron chi connectivity index (χ3n) is 3.82. The van der Waals surface area contributed by atoms with Gasteiger partial charge < -0.3 is 5.11 Å². The van der Waals surface area contributed by atoms with Gasteiger partial charge >= 0.3 is 0 Å². The Hall–Kier alpha value is -1.97. The van der Waals surface area contributed by atoms with Crippen molar-refractivity contribution in [2.75, 3.05) is 6.98 Å². The van der Waals surface area contributed by atoms with Gasteiger partial charge in [-0.1, -0.05) is 67.0 Å². The number of rotatable bonds is 6. The van der Waals surface area contributed by atoms with E-state index in [1.54, 1.807) is 12.1 Å². The van der Waals surface area contributed by atoms with E-state index in [4.69, 9.17) is 16.4 Å². The molecule has 0 unspecified atom stereocenters. The second-order valence-corrected chi connectivity index (χ2v) is 5.56. The Labute approximate surface area is 167 Å². The maximum Gasteiger partial charge on any atom is 0.164 e. The molecule has 3 nitrogen and oxygen atoms in total. The number of Topliss-reactive ketones (excluding diaryl/α,β-unsaturated/α-hetero) is 1. The lowest BCUT2D eigenvalue weighted by molar-refractivity contribution is 0.0549. The Bertz CT molecular complexity index is 1140. The van der Waals surface area contributed by atoms with E-state index in [2.05, 4.69) is 0 Å². The molecule has 1 fully saturated rings. The third kappa shape index (κ3) is 4.56. The molecule has 2 aromatic carbocycles. The van der Waals surface area contributed by atoms with E-state index in [0.29, 0.717) is 0 Å². The van der Waals surface area contributed by atoms with Crippen LogP contribution in [0.1, 0.15) is 70.4 Å². The van der Waals surface area contributed by atoms with Crippen molar-refractivity contribution in [1.29, 1.82) is 0 Å². The second-order valence-electron chi connectivity index (χ2n) is 5.56. The van der Waals surface area contributed by atoms with E-state index in [0.717, 1.165) is 0 Å². The summed E-state index contributed by atoms with van der Waals surface area (Å²) < 4.78 is 102. The summed E-state index contributed by atoms with van der Waals surface area (Å²) in [4.78, 5) is 13.0. The van der Waals surface area contributed by atoms with Gasteiger partial charge in [-0.25, -0.2) is 0 Å². The first-order valence-electron chi connectivity index (χ1n) is 13.8. The zero-order chi connectivity index (χ0) is 28.3. The van der Waals surface area contributed by atoms with E-state index >= 15 is 0 Å². The molecule has 0 aliphatic carbocycles. The summed E-state index contributed by atoms with van der Waals surface area (Å²) in [6, 6.07) is 7.43. The summed E-state index contributed by atoms with van der Waals surface area (Å²) in [5, 5.41) is 11.0. The standard InChI is InChI=1S/C22H27NO2/c1-23-19(15-21(24)17-9-4-2-5-10-17)13-8-14-20(23)16-22(25)18-11-6-3-7-12-18/h2-7,9-12,19-21,24H,8,13-16H2,1H3/t19-,20+,21+/m0/s1/i1D3,8D2,13D2,14D2,19D,20D,21D. The van der Waals surface area contributed by atoms with Crippen LogP contribution >= 0.6 is 0 Å². The molecule has 0 bridgehead atoms. The van der Waals surface area contributed by atoms with Gasteiger partial charge in [0.05, 0.1) is 7.45 Å². The fourth-order valence-corrected chi connectivity index (χ4v) is 2.47. The Kier molecular flexibility index (Phi) is 2.74. The average Bonchev–Trinajstić information content (AvgIpc) is 2.77. The number of ketones is 1. The Morgan fingerprint density at radius 1 is 1.24 bits per heavy atom. The van der Waals surface area contributed by atoms with Gasteiger partial charge in [0.15, 0.2) is 5.78 Å². The fourth-order valence-electron chi connectivity index (χ4n) is 2.47. The number of likely N-dealkylation sites (tertiary alicyclic amines) is 1. The summed E-state index contributed by atoms with van der Waals surface area (Å²) in [5.41, 5.74) is -0.186. The van der Waals surface area contributed by atoms with Crippen LogP contribution in [0.4, 0.5) is 0 Å². The van der Waals surface area contributed by atoms with Gasteiger partial charge in [-0.2, -0.15) is 0 Å². The maximum atomic E-state index is 13.1. The molecule has 1 N–H and O–H groups in total. The molecule has 3 rings (SSSR count). The van der Waals surface area contributed by atoms with Crippen molar-refractivity contribution in [3.05, 3.63) is 71.8 Å². The number of carbonyl (C=O) groups is 1. The molecule has 0 radical (unpaired) electrons. The summed E-state index contributed by atoms with van der Waals surface area (Å²) in [6.45, 7) is -3.62. The molecule has 0 aromatic heterocycles. The Morgan fingerprint density at radius 2 is 1.88 bits per heavy atom. The lowest BCUT2D eigenvalue weighted by atomic mass is 9.88. The first-order valence-corrected chi connectivity index (χ1v) is 7.83. The number of piperidine rings is 1. The van der Waals surface area contributed by atoms with Gasteiger partial charge in [-0.05, 0) is 31.7 Å². The number of nitrogens with zero attached hydrogens (tertiary/aromatic N) is 1. The van der Waals surface area contributed by atoms with E-state index in [1.807, 2.05) is 0 Å². The van der Waals surface area contributed by atoms with Crippen LogP contribution in [0.25, 0.3) is 0 Å². The van der Waals surface area contributed by atoms with Gasteiger partial charge in [0.2, 0.25) is 0 Å². The van der Waals surface area contributed by atoms with Crippen molar-refractivity contribution >= 4 is 5.78 Å². The van der Waals surface area contributed by atoms with Gasteiger partial charge in [0.1, 0.15) is 0 Å². The molecule has 1 aliphatic heterocycles. The topological polar surface area (TPSA) is 40.5 Å². The Morgan fingerprint density at radius 3 is 2.56 bits per heavy atom. The van der Waals surface area contributed by atoms with Crippen LogP contribution in [-0.4, -0.2) is 34.8 Å². The third-order valence-corrected chi connectivity index (χ3v) is 3.82. The maximum absolute atomic E-state index is 13.1. The highest BCUT2D eigenvalue weighted by molar-refractivity contribution is 5.96. The zero-order valence-corrected chi connectivity index (χ0v) is 13.5. The molecule has 1 saturated heterocycles. The van der Waals surface area contributed by atoms with Crippen LogP contribution in [0.15, 0.2) is 60.7 Å². The van der Waals surface area contributed by atoms with Crippen LogP contribution < -0.4 is 0 Å². The predicted molar refractivity (Wildman–Crippen MR) is 101 cm³/mol. The molecule has 0 spiro atoms. The van der Waals surface area contributed by atoms with E-state index < -0.39 is 62.8 Å². The SMILES string of the molecule is [2H]C([2H])([2H])N1[C@]([2H])(C[C@@]([2H])(O)c2ccccc2)C([2H])([2H])C([2H])([2H])C([2H])([2H])[C@]1([2H])CC(=O)c1ccccc1.